The maximum absolute atomic E-state index is 10.7. The summed E-state index contributed by atoms with van der Waals surface area (Å²) in [6.07, 6.45) is 3.48. The van der Waals surface area contributed by atoms with Gasteiger partial charge in [-0.1, -0.05) is 44.2 Å². The van der Waals surface area contributed by atoms with E-state index in [1.807, 2.05) is 42.5 Å². The van der Waals surface area contributed by atoms with Gasteiger partial charge in [0.1, 0.15) is 11.5 Å². The van der Waals surface area contributed by atoms with E-state index < -0.39 is 4.92 Å². The molecule has 33 heavy (non-hydrogen) atoms. The quantitative estimate of drug-likeness (QED) is 0.150. The molecule has 1 N–H and O–H groups in total. The number of nitrogens with zero attached hydrogens (tertiary/aromatic N) is 2. The summed E-state index contributed by atoms with van der Waals surface area (Å²) in [6.45, 7) is 5.48. The molecule has 7 nitrogen and oxygen atoms in total. The van der Waals surface area contributed by atoms with Crippen LogP contribution >= 0.6 is 0 Å². The van der Waals surface area contributed by atoms with Crippen molar-refractivity contribution >= 4 is 17.6 Å². The van der Waals surface area contributed by atoms with E-state index in [0.29, 0.717) is 24.8 Å². The average Bonchev–Trinajstić information content (AvgIpc) is 2.84. The molecule has 3 rings (SSSR count). The number of hydrogen-bond donors (Lipinski definition) is 1. The van der Waals surface area contributed by atoms with Crippen molar-refractivity contribution < 1.29 is 14.4 Å². The number of nitro groups is 1. The van der Waals surface area contributed by atoms with E-state index in [2.05, 4.69) is 30.4 Å². The van der Waals surface area contributed by atoms with E-state index in [-0.39, 0.29) is 5.69 Å². The van der Waals surface area contributed by atoms with Gasteiger partial charge < -0.3 is 9.47 Å². The van der Waals surface area contributed by atoms with Gasteiger partial charge in [-0.05, 0) is 48.2 Å². The van der Waals surface area contributed by atoms with Crippen molar-refractivity contribution in [2.75, 3.05) is 18.6 Å². The minimum Gasteiger partial charge on any atom is -0.493 e. The zero-order chi connectivity index (χ0) is 23.5. The Morgan fingerprint density at radius 3 is 2.30 bits per heavy atom. The molecule has 0 aliphatic heterocycles. The molecule has 0 amide bonds. The Labute approximate surface area is 194 Å². The van der Waals surface area contributed by atoms with Crippen LogP contribution in [0.5, 0.6) is 11.5 Å². The van der Waals surface area contributed by atoms with Crippen LogP contribution in [-0.4, -0.2) is 24.4 Å². The number of benzene rings is 3. The van der Waals surface area contributed by atoms with Crippen LogP contribution in [-0.2, 0) is 0 Å². The standard InChI is InChI=1S/C26H29N3O4/c1-3-20(2)24-10-5-7-12-26(24)33-18-8-17-32-25-11-6-4-9-21(25)19-27-28-22-13-15-23(16-14-22)29(30)31/h4-7,9-16,19-20,28H,3,8,17-18H2,1-2H3/b27-19+. The Bertz CT molecular complexity index is 1070. The second-order valence-corrected chi connectivity index (χ2v) is 7.61. The molecule has 0 aromatic heterocycles. The van der Waals surface area contributed by atoms with Gasteiger partial charge in [-0.2, -0.15) is 5.10 Å². The molecule has 0 aliphatic rings. The SMILES string of the molecule is CCC(C)c1ccccc1OCCCOc1ccccc1/C=N/Nc1ccc([N+](=O)[O-])cc1. The summed E-state index contributed by atoms with van der Waals surface area (Å²) in [7, 11) is 0. The summed E-state index contributed by atoms with van der Waals surface area (Å²) in [6, 6.07) is 21.9. The van der Waals surface area contributed by atoms with Gasteiger partial charge in [0.15, 0.2) is 0 Å². The highest BCUT2D eigenvalue weighted by molar-refractivity contribution is 5.84. The fourth-order valence-corrected chi connectivity index (χ4v) is 3.21. The smallest absolute Gasteiger partial charge is 0.269 e. The van der Waals surface area contributed by atoms with Crippen LogP contribution in [0.3, 0.4) is 0 Å². The van der Waals surface area contributed by atoms with Crippen LogP contribution in [0.15, 0.2) is 77.9 Å². The second kappa shape index (κ2) is 12.2. The van der Waals surface area contributed by atoms with Gasteiger partial charge >= 0.3 is 0 Å². The van der Waals surface area contributed by atoms with Gasteiger partial charge in [-0.15, -0.1) is 0 Å². The lowest BCUT2D eigenvalue weighted by atomic mass is 9.98. The van der Waals surface area contributed by atoms with Gasteiger partial charge in [-0.3, -0.25) is 15.5 Å². The van der Waals surface area contributed by atoms with Crippen molar-refractivity contribution in [2.24, 2.45) is 5.10 Å². The Kier molecular flexibility index (Phi) is 8.82. The van der Waals surface area contributed by atoms with Crippen molar-refractivity contribution in [3.05, 3.63) is 94.0 Å². The van der Waals surface area contributed by atoms with Crippen molar-refractivity contribution in [1.82, 2.24) is 0 Å². The first kappa shape index (κ1) is 23.8. The minimum absolute atomic E-state index is 0.0376. The number of para-hydroxylation sites is 2. The normalized spacial score (nSPS) is 11.8. The fraction of sp³-hybridized carbons (Fsp3) is 0.269. The first-order chi connectivity index (χ1) is 16.1. The van der Waals surface area contributed by atoms with Crippen LogP contribution in [0.25, 0.3) is 0 Å². The maximum Gasteiger partial charge on any atom is 0.269 e. The number of hydrogen-bond acceptors (Lipinski definition) is 6. The van der Waals surface area contributed by atoms with E-state index in [4.69, 9.17) is 9.47 Å². The Hall–Kier alpha value is -3.87. The van der Waals surface area contributed by atoms with Gasteiger partial charge in [0, 0.05) is 24.1 Å². The summed E-state index contributed by atoms with van der Waals surface area (Å²) in [5.41, 5.74) is 5.63. The first-order valence-corrected chi connectivity index (χ1v) is 11.1. The number of nitrogens with one attached hydrogen (secondary N) is 1. The number of nitro benzene ring substituents is 1. The highest BCUT2D eigenvalue weighted by Crippen LogP contribution is 2.28. The van der Waals surface area contributed by atoms with Crippen molar-refractivity contribution in [3.63, 3.8) is 0 Å². The highest BCUT2D eigenvalue weighted by atomic mass is 16.6. The van der Waals surface area contributed by atoms with E-state index in [1.165, 1.54) is 17.7 Å². The maximum atomic E-state index is 10.7. The summed E-state index contributed by atoms with van der Waals surface area (Å²) >= 11 is 0. The first-order valence-electron chi connectivity index (χ1n) is 11.1. The molecule has 172 valence electrons. The molecule has 0 bridgehead atoms. The number of anilines is 1. The average molecular weight is 448 g/mol. The fourth-order valence-electron chi connectivity index (χ4n) is 3.21. The molecule has 0 heterocycles. The highest BCUT2D eigenvalue weighted by Gasteiger charge is 2.09. The van der Waals surface area contributed by atoms with E-state index in [0.717, 1.165) is 29.9 Å². The lowest BCUT2D eigenvalue weighted by Gasteiger charge is -2.16. The van der Waals surface area contributed by atoms with E-state index in [1.54, 1.807) is 18.3 Å². The molecular weight excluding hydrogens is 418 g/mol. The van der Waals surface area contributed by atoms with Crippen molar-refractivity contribution in [2.45, 2.75) is 32.6 Å². The molecule has 0 saturated heterocycles. The summed E-state index contributed by atoms with van der Waals surface area (Å²) in [5, 5.41) is 15.0. The van der Waals surface area contributed by atoms with Crippen molar-refractivity contribution in [1.29, 1.82) is 0 Å². The summed E-state index contributed by atoms with van der Waals surface area (Å²) in [5.74, 6) is 2.13. The topological polar surface area (TPSA) is 86.0 Å². The Morgan fingerprint density at radius 1 is 0.970 bits per heavy atom. The molecule has 3 aromatic carbocycles. The van der Waals surface area contributed by atoms with Crippen LogP contribution in [0.1, 0.15) is 43.7 Å². The molecule has 1 unspecified atom stereocenters. The van der Waals surface area contributed by atoms with Crippen LogP contribution in [0.2, 0.25) is 0 Å². The number of rotatable bonds is 12. The molecular formula is C26H29N3O4. The van der Waals surface area contributed by atoms with Crippen LogP contribution < -0.4 is 14.9 Å². The van der Waals surface area contributed by atoms with Crippen LogP contribution in [0, 0.1) is 10.1 Å². The molecule has 3 aromatic rings. The number of non-ortho nitro benzene ring substituents is 1. The second-order valence-electron chi connectivity index (χ2n) is 7.61. The van der Waals surface area contributed by atoms with Crippen LogP contribution in [0.4, 0.5) is 11.4 Å². The van der Waals surface area contributed by atoms with Gasteiger partial charge in [0.25, 0.3) is 5.69 Å². The summed E-state index contributed by atoms with van der Waals surface area (Å²) < 4.78 is 12.0. The molecule has 0 saturated carbocycles. The Morgan fingerprint density at radius 2 is 1.61 bits per heavy atom. The largest absolute Gasteiger partial charge is 0.493 e. The van der Waals surface area contributed by atoms with Crippen molar-refractivity contribution in [3.8, 4) is 11.5 Å². The number of hydrazone groups is 1. The van der Waals surface area contributed by atoms with E-state index >= 15 is 0 Å². The summed E-state index contributed by atoms with van der Waals surface area (Å²) in [4.78, 5) is 10.3. The van der Waals surface area contributed by atoms with Gasteiger partial charge in [0.05, 0.1) is 30.0 Å². The molecule has 7 heteroatoms. The molecule has 0 fully saturated rings. The zero-order valence-electron chi connectivity index (χ0n) is 18.9. The van der Waals surface area contributed by atoms with E-state index in [9.17, 15) is 10.1 Å². The van der Waals surface area contributed by atoms with Gasteiger partial charge in [0.2, 0.25) is 0 Å². The Balaban J connectivity index is 1.49. The van der Waals surface area contributed by atoms with Gasteiger partial charge in [-0.25, -0.2) is 0 Å². The molecule has 1 atom stereocenters. The predicted molar refractivity (Wildman–Crippen MR) is 132 cm³/mol. The lowest BCUT2D eigenvalue weighted by Crippen LogP contribution is -2.07. The molecule has 0 radical (unpaired) electrons. The number of ether oxygens (including phenoxy) is 2. The monoisotopic (exact) mass is 447 g/mol. The molecule has 0 aliphatic carbocycles. The third kappa shape index (κ3) is 7.07. The predicted octanol–water partition coefficient (Wildman–Crippen LogP) is 6.40. The zero-order valence-corrected chi connectivity index (χ0v) is 18.9. The molecule has 0 spiro atoms. The third-order valence-electron chi connectivity index (χ3n) is 5.26. The minimum atomic E-state index is -0.434. The third-order valence-corrected chi connectivity index (χ3v) is 5.26. The lowest BCUT2D eigenvalue weighted by molar-refractivity contribution is -0.384.